The highest BCUT2D eigenvalue weighted by molar-refractivity contribution is 5.46. The van der Waals surface area contributed by atoms with E-state index in [1.165, 1.54) is 11.1 Å². The van der Waals surface area contributed by atoms with Crippen LogP contribution in [-0.2, 0) is 19.6 Å². The Hall–Kier alpha value is -1.94. The van der Waals surface area contributed by atoms with Crippen LogP contribution in [-0.4, -0.2) is 17.0 Å². The second kappa shape index (κ2) is 4.74. The number of hydrogen-bond acceptors (Lipinski definition) is 4. The third-order valence-electron chi connectivity index (χ3n) is 3.19. The maximum Gasteiger partial charge on any atom is 0.148 e. The molecule has 1 aromatic carbocycles. The molecule has 0 unspecified atom stereocenters. The summed E-state index contributed by atoms with van der Waals surface area (Å²) in [4.78, 5) is 11.2. The third kappa shape index (κ3) is 2.07. The summed E-state index contributed by atoms with van der Waals surface area (Å²) < 4.78 is 0. The fourth-order valence-electron chi connectivity index (χ4n) is 2.31. The monoisotopic (exact) mass is 240 g/mol. The van der Waals surface area contributed by atoms with E-state index in [-0.39, 0.29) is 0 Å². The summed E-state index contributed by atoms with van der Waals surface area (Å²) in [6.07, 6.45) is 3.65. The molecule has 4 nitrogen and oxygen atoms in total. The predicted octanol–water partition coefficient (Wildman–Crippen LogP) is 1.72. The van der Waals surface area contributed by atoms with Crippen LogP contribution in [0.3, 0.4) is 0 Å². The fourth-order valence-corrected chi connectivity index (χ4v) is 2.31. The number of hydrogen-bond donors (Lipinski definition) is 1. The molecule has 0 aliphatic carbocycles. The molecule has 0 atom stereocenters. The smallest absolute Gasteiger partial charge is 0.148 e. The van der Waals surface area contributed by atoms with E-state index in [9.17, 15) is 0 Å². The summed E-state index contributed by atoms with van der Waals surface area (Å²) in [5.41, 5.74) is 3.75. The van der Waals surface area contributed by atoms with Gasteiger partial charge < -0.3 is 10.2 Å². The number of fused-ring (bicyclic) bond motifs is 1. The first-order valence-electron chi connectivity index (χ1n) is 6.14. The van der Waals surface area contributed by atoms with Gasteiger partial charge in [-0.05, 0) is 18.2 Å². The number of anilines is 1. The lowest BCUT2D eigenvalue weighted by molar-refractivity contribution is 0.769. The van der Waals surface area contributed by atoms with Crippen LogP contribution in [0, 0.1) is 0 Å². The first-order valence-corrected chi connectivity index (χ1v) is 6.14. The van der Waals surface area contributed by atoms with Crippen molar-refractivity contribution < 1.29 is 0 Å². The molecule has 18 heavy (non-hydrogen) atoms. The molecule has 3 rings (SSSR count). The minimum absolute atomic E-state index is 0.752. The molecule has 0 saturated heterocycles. The Morgan fingerprint density at radius 2 is 1.89 bits per heavy atom. The summed E-state index contributed by atoms with van der Waals surface area (Å²) in [6, 6.07) is 8.54. The molecule has 0 radical (unpaired) electrons. The molecule has 0 amide bonds. The van der Waals surface area contributed by atoms with Crippen molar-refractivity contribution in [1.29, 1.82) is 0 Å². The minimum atomic E-state index is 0.752. The van der Waals surface area contributed by atoms with E-state index in [0.29, 0.717) is 0 Å². The number of nitrogens with one attached hydrogen (secondary N) is 1. The SMILES string of the molecule is CNCc1cncc(N2Cc3ccccc3C2)n1. The lowest BCUT2D eigenvalue weighted by Gasteiger charge is -2.16. The third-order valence-corrected chi connectivity index (χ3v) is 3.19. The highest BCUT2D eigenvalue weighted by Crippen LogP contribution is 2.26. The van der Waals surface area contributed by atoms with Crippen molar-refractivity contribution in [3.05, 3.63) is 53.5 Å². The molecule has 1 aliphatic rings. The number of benzene rings is 1. The van der Waals surface area contributed by atoms with E-state index in [1.807, 2.05) is 19.4 Å². The van der Waals surface area contributed by atoms with Gasteiger partial charge in [-0.25, -0.2) is 4.98 Å². The topological polar surface area (TPSA) is 41.1 Å². The van der Waals surface area contributed by atoms with Crippen LogP contribution in [0.1, 0.15) is 16.8 Å². The number of aromatic nitrogens is 2. The fraction of sp³-hybridized carbons (Fsp3) is 0.286. The zero-order chi connectivity index (χ0) is 12.4. The molecule has 0 bridgehead atoms. The zero-order valence-electron chi connectivity index (χ0n) is 10.4. The van der Waals surface area contributed by atoms with Gasteiger partial charge in [-0.1, -0.05) is 24.3 Å². The molecule has 0 saturated carbocycles. The Morgan fingerprint density at radius 3 is 2.56 bits per heavy atom. The average Bonchev–Trinajstić information content (AvgIpc) is 2.83. The molecule has 4 heteroatoms. The van der Waals surface area contributed by atoms with Crippen molar-refractivity contribution in [3.8, 4) is 0 Å². The molecule has 1 aromatic heterocycles. The van der Waals surface area contributed by atoms with E-state index >= 15 is 0 Å². The van der Waals surface area contributed by atoms with Gasteiger partial charge in [-0.15, -0.1) is 0 Å². The Morgan fingerprint density at radius 1 is 1.17 bits per heavy atom. The molecule has 1 aliphatic heterocycles. The Labute approximate surface area is 107 Å². The van der Waals surface area contributed by atoms with Crippen LogP contribution in [0.25, 0.3) is 0 Å². The minimum Gasteiger partial charge on any atom is -0.347 e. The van der Waals surface area contributed by atoms with Crippen molar-refractivity contribution in [2.75, 3.05) is 11.9 Å². The highest BCUT2D eigenvalue weighted by Gasteiger charge is 2.19. The lowest BCUT2D eigenvalue weighted by Crippen LogP contribution is -2.18. The van der Waals surface area contributed by atoms with Gasteiger partial charge in [0.05, 0.1) is 11.9 Å². The first kappa shape index (κ1) is 11.2. The summed E-state index contributed by atoms with van der Waals surface area (Å²) in [5, 5.41) is 3.10. The van der Waals surface area contributed by atoms with E-state index in [0.717, 1.165) is 31.1 Å². The van der Waals surface area contributed by atoms with Gasteiger partial charge in [0.1, 0.15) is 5.82 Å². The molecule has 92 valence electrons. The Kier molecular flexibility index (Phi) is 2.94. The van der Waals surface area contributed by atoms with Crippen molar-refractivity contribution >= 4 is 5.82 Å². The van der Waals surface area contributed by atoms with Gasteiger partial charge in [-0.2, -0.15) is 0 Å². The molecular formula is C14H16N4. The van der Waals surface area contributed by atoms with Crippen molar-refractivity contribution in [1.82, 2.24) is 15.3 Å². The first-order chi connectivity index (χ1) is 8.86. The zero-order valence-corrected chi connectivity index (χ0v) is 10.4. The van der Waals surface area contributed by atoms with E-state index in [4.69, 9.17) is 0 Å². The van der Waals surface area contributed by atoms with Gasteiger partial charge in [-0.3, -0.25) is 4.98 Å². The quantitative estimate of drug-likeness (QED) is 0.887. The van der Waals surface area contributed by atoms with Crippen LogP contribution in [0.15, 0.2) is 36.7 Å². The van der Waals surface area contributed by atoms with Gasteiger partial charge in [0.25, 0.3) is 0 Å². The van der Waals surface area contributed by atoms with Gasteiger partial charge in [0.2, 0.25) is 0 Å². The Balaban J connectivity index is 1.83. The average molecular weight is 240 g/mol. The van der Waals surface area contributed by atoms with Crippen molar-refractivity contribution in [2.45, 2.75) is 19.6 Å². The number of rotatable bonds is 3. The second-order valence-electron chi connectivity index (χ2n) is 4.52. The summed E-state index contributed by atoms with van der Waals surface area (Å²) in [6.45, 7) is 2.60. The van der Waals surface area contributed by atoms with Gasteiger partial charge in [0.15, 0.2) is 0 Å². The van der Waals surface area contributed by atoms with Crippen LogP contribution in [0.2, 0.25) is 0 Å². The molecular weight excluding hydrogens is 224 g/mol. The van der Waals surface area contributed by atoms with Crippen molar-refractivity contribution in [2.24, 2.45) is 0 Å². The van der Waals surface area contributed by atoms with E-state index < -0.39 is 0 Å². The van der Waals surface area contributed by atoms with Crippen LogP contribution in [0.5, 0.6) is 0 Å². The maximum atomic E-state index is 4.63. The predicted molar refractivity (Wildman–Crippen MR) is 71.1 cm³/mol. The highest BCUT2D eigenvalue weighted by atomic mass is 15.2. The standard InChI is InChI=1S/C14H16N4/c1-15-6-13-7-16-8-14(17-13)18-9-11-4-2-3-5-12(11)10-18/h2-5,7-8,15H,6,9-10H2,1H3. The van der Waals surface area contributed by atoms with Crippen LogP contribution < -0.4 is 10.2 Å². The lowest BCUT2D eigenvalue weighted by atomic mass is 10.1. The van der Waals surface area contributed by atoms with Crippen LogP contribution in [0.4, 0.5) is 5.82 Å². The largest absolute Gasteiger partial charge is 0.347 e. The molecule has 2 heterocycles. The van der Waals surface area contributed by atoms with Crippen molar-refractivity contribution in [3.63, 3.8) is 0 Å². The normalized spacial score (nSPS) is 13.7. The summed E-state index contributed by atoms with van der Waals surface area (Å²) in [7, 11) is 1.92. The summed E-state index contributed by atoms with van der Waals surface area (Å²) in [5.74, 6) is 0.957. The van der Waals surface area contributed by atoms with Gasteiger partial charge in [0, 0.05) is 25.8 Å². The molecule has 1 N–H and O–H groups in total. The maximum absolute atomic E-state index is 4.63. The van der Waals surface area contributed by atoms with E-state index in [1.54, 1.807) is 0 Å². The molecule has 2 aromatic rings. The van der Waals surface area contributed by atoms with Crippen LogP contribution >= 0.6 is 0 Å². The molecule has 0 spiro atoms. The van der Waals surface area contributed by atoms with Gasteiger partial charge >= 0.3 is 0 Å². The number of nitrogens with zero attached hydrogens (tertiary/aromatic N) is 3. The summed E-state index contributed by atoms with van der Waals surface area (Å²) >= 11 is 0. The molecule has 0 fully saturated rings. The second-order valence-corrected chi connectivity index (χ2v) is 4.52. The Bertz CT molecular complexity index is 528. The van der Waals surface area contributed by atoms with E-state index in [2.05, 4.69) is 44.5 Å².